The Balaban J connectivity index is -0.000000549. The molecule has 0 N–H and O–H groups in total. The molecule has 0 heterocycles. The van der Waals surface area contributed by atoms with Gasteiger partial charge in [-0.2, -0.15) is 37.9 Å². The Kier molecular flexibility index (Phi) is 55.6. The smallest absolute Gasteiger partial charge is 0.00979 e. The molecule has 0 aliphatic heterocycles. The van der Waals surface area contributed by atoms with Crippen molar-refractivity contribution in [1.29, 1.82) is 0 Å². The Morgan fingerprint density at radius 2 is 0.333 bits per heavy atom. The molecule has 0 rings (SSSR count). The zero-order chi connectivity index (χ0) is 29.3. The Bertz CT molecular complexity index is 318. The second kappa shape index (κ2) is 48.8. The largest absolute Gasteiger partial charge is 0.179 e. The third-order valence-corrected chi connectivity index (χ3v) is 8.48. The molecule has 0 aliphatic carbocycles. The third-order valence-electron chi connectivity index (χ3n) is 7.54. The molecule has 3 heteroatoms. The van der Waals surface area contributed by atoms with Crippen LogP contribution in [0.5, 0.6) is 0 Å². The molecule has 0 bridgehead atoms. The minimum absolute atomic E-state index is 1.06. The molecule has 0 radical (unpaired) electrons. The van der Waals surface area contributed by atoms with Crippen molar-refractivity contribution >= 4 is 37.9 Å². The topological polar surface area (TPSA) is 0 Å². The van der Waals surface area contributed by atoms with Gasteiger partial charge in [-0.05, 0) is 36.5 Å². The number of hydrogen-bond acceptors (Lipinski definition) is 3. The van der Waals surface area contributed by atoms with Crippen molar-refractivity contribution in [2.75, 3.05) is 17.3 Å². The first-order valence-electron chi connectivity index (χ1n) is 18.1. The summed E-state index contributed by atoms with van der Waals surface area (Å²) >= 11 is 12.6. The minimum atomic E-state index is 1.06. The van der Waals surface area contributed by atoms with Gasteiger partial charge in [0.15, 0.2) is 0 Å². The van der Waals surface area contributed by atoms with Crippen LogP contribution in [-0.4, -0.2) is 17.3 Å². The number of rotatable bonds is 30. The molecule has 0 aliphatic rings. The average molecular weight is 607 g/mol. The molecule has 0 aromatic carbocycles. The highest BCUT2D eigenvalue weighted by Gasteiger charge is 1.94. The summed E-state index contributed by atoms with van der Waals surface area (Å²) in [5, 5.41) is 0. The molecule has 39 heavy (non-hydrogen) atoms. The van der Waals surface area contributed by atoms with Gasteiger partial charge in [0.2, 0.25) is 0 Å². The van der Waals surface area contributed by atoms with E-state index in [2.05, 4.69) is 58.7 Å². The summed E-state index contributed by atoms with van der Waals surface area (Å²) in [6.45, 7) is 6.81. The molecule has 0 aromatic heterocycles. The summed E-state index contributed by atoms with van der Waals surface area (Å²) in [6.07, 6.45) is 42.6. The minimum Gasteiger partial charge on any atom is -0.179 e. The van der Waals surface area contributed by atoms with Crippen LogP contribution in [0.3, 0.4) is 0 Å². The zero-order valence-corrected chi connectivity index (χ0v) is 30.4. The van der Waals surface area contributed by atoms with E-state index in [0.29, 0.717) is 0 Å². The van der Waals surface area contributed by atoms with Crippen LogP contribution in [0.2, 0.25) is 0 Å². The van der Waals surface area contributed by atoms with Gasteiger partial charge in [-0.15, -0.1) is 0 Å². The van der Waals surface area contributed by atoms with Gasteiger partial charge in [-0.3, -0.25) is 0 Å². The fraction of sp³-hybridized carbons (Fsp3) is 1.00. The molecule has 0 fully saturated rings. The second-order valence-corrected chi connectivity index (χ2v) is 13.1. The lowest BCUT2D eigenvalue weighted by Crippen LogP contribution is -1.83. The molecule has 0 spiro atoms. The Labute approximate surface area is 267 Å². The molecule has 0 saturated heterocycles. The molecule has 0 nitrogen and oxygen atoms in total. The molecule has 0 aromatic rings. The van der Waals surface area contributed by atoms with Gasteiger partial charge < -0.3 is 0 Å². The Morgan fingerprint density at radius 3 is 0.462 bits per heavy atom. The van der Waals surface area contributed by atoms with E-state index in [1.54, 1.807) is 0 Å². The predicted octanol–water partition coefficient (Wildman–Crippen LogP) is 14.5. The molecule has 0 amide bonds. The quantitative estimate of drug-likeness (QED) is 0.0525. The number of unbranched alkanes of at least 4 members (excludes halogenated alkanes) is 27. The average Bonchev–Trinajstić information content (AvgIpc) is 2.95. The van der Waals surface area contributed by atoms with Crippen molar-refractivity contribution in [2.24, 2.45) is 0 Å². The Morgan fingerprint density at radius 1 is 0.205 bits per heavy atom. The van der Waals surface area contributed by atoms with Gasteiger partial charge >= 0.3 is 0 Å². The third kappa shape index (κ3) is 55.6. The Hall–Kier alpha value is 1.05. The summed E-state index contributed by atoms with van der Waals surface area (Å²) in [5.41, 5.74) is 0. The van der Waals surface area contributed by atoms with Gasteiger partial charge in [0.25, 0.3) is 0 Å². The van der Waals surface area contributed by atoms with Crippen LogP contribution in [0, 0.1) is 0 Å². The van der Waals surface area contributed by atoms with E-state index in [9.17, 15) is 0 Å². The summed E-state index contributed by atoms with van der Waals surface area (Å²) < 4.78 is 0. The van der Waals surface area contributed by atoms with Crippen molar-refractivity contribution in [3.63, 3.8) is 0 Å². The van der Waals surface area contributed by atoms with E-state index in [1.807, 2.05) is 0 Å². The van der Waals surface area contributed by atoms with Crippen molar-refractivity contribution < 1.29 is 0 Å². The zero-order valence-electron chi connectivity index (χ0n) is 27.7. The predicted molar refractivity (Wildman–Crippen MR) is 197 cm³/mol. The van der Waals surface area contributed by atoms with Gasteiger partial charge in [-0.25, -0.2) is 0 Å². The molecular weight excluding hydrogens is 529 g/mol. The first-order valence-corrected chi connectivity index (χ1v) is 20.0. The van der Waals surface area contributed by atoms with Crippen LogP contribution in [0.25, 0.3) is 0 Å². The summed E-state index contributed by atoms with van der Waals surface area (Å²) in [6, 6.07) is 0. The molecule has 240 valence electrons. The van der Waals surface area contributed by atoms with Gasteiger partial charge in [0.1, 0.15) is 0 Å². The standard InChI is InChI=1S/C18H38S.C10H22S.C8H18S/c1-2-3-4-5-6-7-8-9-10-11-12-13-14-15-16-17-18-19;1-2-3-4-5-6-7-8-9-10-11;1-2-3-4-5-6-7-8-9/h19H,2-18H2,1H3;11H,2-10H2,1H3;9H,2-8H2,1H3. The first kappa shape index (κ1) is 44.5. The lowest BCUT2D eigenvalue weighted by molar-refractivity contribution is 0.532. The van der Waals surface area contributed by atoms with E-state index >= 15 is 0 Å². The van der Waals surface area contributed by atoms with Crippen LogP contribution in [-0.2, 0) is 0 Å². The lowest BCUT2D eigenvalue weighted by atomic mass is 10.0. The highest BCUT2D eigenvalue weighted by atomic mass is 32.1. The lowest BCUT2D eigenvalue weighted by Gasteiger charge is -2.03. The van der Waals surface area contributed by atoms with Crippen molar-refractivity contribution in [3.05, 3.63) is 0 Å². The summed E-state index contributed by atoms with van der Waals surface area (Å²) in [5.74, 6) is 3.19. The van der Waals surface area contributed by atoms with Crippen LogP contribution in [0.15, 0.2) is 0 Å². The van der Waals surface area contributed by atoms with Crippen LogP contribution in [0.1, 0.15) is 213 Å². The van der Waals surface area contributed by atoms with Gasteiger partial charge in [-0.1, -0.05) is 194 Å². The SMILES string of the molecule is CCCCCCCCCCCCCCCCCCS.CCCCCCCCCCS.CCCCCCCCS. The number of hydrogen-bond donors (Lipinski definition) is 3. The van der Waals surface area contributed by atoms with Crippen molar-refractivity contribution in [3.8, 4) is 0 Å². The maximum absolute atomic E-state index is 4.24. The maximum atomic E-state index is 4.24. The number of thiol groups is 3. The normalized spacial score (nSPS) is 10.6. The van der Waals surface area contributed by atoms with Gasteiger partial charge in [0.05, 0.1) is 0 Å². The summed E-state index contributed by atoms with van der Waals surface area (Å²) in [7, 11) is 0. The van der Waals surface area contributed by atoms with E-state index < -0.39 is 0 Å². The maximum Gasteiger partial charge on any atom is -0.00979 e. The van der Waals surface area contributed by atoms with E-state index in [4.69, 9.17) is 0 Å². The van der Waals surface area contributed by atoms with Crippen molar-refractivity contribution in [1.82, 2.24) is 0 Å². The van der Waals surface area contributed by atoms with E-state index in [-0.39, 0.29) is 0 Å². The summed E-state index contributed by atoms with van der Waals surface area (Å²) in [4.78, 5) is 0. The first-order chi connectivity index (χ1) is 19.2. The van der Waals surface area contributed by atoms with Crippen molar-refractivity contribution in [2.45, 2.75) is 213 Å². The fourth-order valence-electron chi connectivity index (χ4n) is 4.80. The fourth-order valence-corrected chi connectivity index (χ4v) is 5.47. The van der Waals surface area contributed by atoms with E-state index in [0.717, 1.165) is 17.3 Å². The molecule has 0 unspecified atom stereocenters. The van der Waals surface area contributed by atoms with Crippen LogP contribution < -0.4 is 0 Å². The molecule has 0 saturated carbocycles. The monoisotopic (exact) mass is 607 g/mol. The molecule has 0 atom stereocenters. The van der Waals surface area contributed by atoms with Crippen LogP contribution in [0.4, 0.5) is 0 Å². The van der Waals surface area contributed by atoms with Gasteiger partial charge in [0, 0.05) is 0 Å². The molecular formula is C36H78S3. The second-order valence-electron chi connectivity index (χ2n) is 11.7. The highest BCUT2D eigenvalue weighted by Crippen LogP contribution is 2.14. The van der Waals surface area contributed by atoms with Crippen LogP contribution >= 0.6 is 37.9 Å². The van der Waals surface area contributed by atoms with E-state index in [1.165, 1.54) is 193 Å². The highest BCUT2D eigenvalue weighted by molar-refractivity contribution is 7.80.